The first-order valence-corrected chi connectivity index (χ1v) is 23.6. The highest BCUT2D eigenvalue weighted by Gasteiger charge is 2.50. The molecule has 0 radical (unpaired) electrons. The van der Waals surface area contributed by atoms with Crippen LogP contribution in [0.15, 0.2) is 66.7 Å². The van der Waals surface area contributed by atoms with Crippen molar-refractivity contribution in [3.05, 3.63) is 100 Å². The predicted octanol–water partition coefficient (Wildman–Crippen LogP) is 6.96. The van der Waals surface area contributed by atoms with Crippen molar-refractivity contribution in [3.63, 3.8) is 0 Å². The normalized spacial score (nSPS) is 22.1. The first-order chi connectivity index (χ1) is 32.8. The molecule has 1 saturated carbocycles. The molecule has 1 aromatic heterocycles. The number of halogens is 3. The van der Waals surface area contributed by atoms with Crippen molar-refractivity contribution in [1.29, 1.82) is 0 Å². The van der Waals surface area contributed by atoms with Crippen molar-refractivity contribution in [2.75, 3.05) is 56.6 Å². The Kier molecular flexibility index (Phi) is 13.3. The van der Waals surface area contributed by atoms with Crippen LogP contribution in [0, 0.1) is 17.6 Å². The maximum absolute atomic E-state index is 16.2. The number of carbonyl (C=O) groups excluding carboxylic acids is 4. The summed E-state index contributed by atoms with van der Waals surface area (Å²) < 4.78 is 45.7. The number of nitrogens with two attached hydrogens (primary N) is 1. The smallest absolute Gasteiger partial charge is 0.329 e. The van der Waals surface area contributed by atoms with Gasteiger partial charge in [-0.15, -0.1) is 0 Å². The molecule has 1 aliphatic carbocycles. The van der Waals surface area contributed by atoms with E-state index in [2.05, 4.69) is 31.3 Å². The molecule has 2 saturated heterocycles. The summed E-state index contributed by atoms with van der Waals surface area (Å²) in [6, 6.07) is 19.3. The summed E-state index contributed by atoms with van der Waals surface area (Å²) in [7, 11) is 3.14. The maximum atomic E-state index is 16.2. The first-order valence-electron chi connectivity index (χ1n) is 23.3. The maximum Gasteiger partial charge on any atom is 0.329 e. The molecule has 15 nitrogen and oxygen atoms in total. The van der Waals surface area contributed by atoms with Crippen LogP contribution in [0.1, 0.15) is 79.3 Å². The van der Waals surface area contributed by atoms with Gasteiger partial charge in [0.2, 0.25) is 17.7 Å². The molecule has 2 atom stereocenters. The minimum Gasteiger partial charge on any atom is -0.494 e. The molecule has 4 aromatic carbocycles. The average Bonchev–Trinajstić information content (AvgIpc) is 3.81. The number of methoxy groups -OCH3 is 1. The minimum atomic E-state index is -1.07. The number of rotatable bonds is 14. The van der Waals surface area contributed by atoms with Crippen LogP contribution in [0.2, 0.25) is 5.02 Å². The summed E-state index contributed by atoms with van der Waals surface area (Å²) in [6.45, 7) is 5.66. The second-order valence-electron chi connectivity index (χ2n) is 18.3. The quantitative estimate of drug-likeness (QED) is 0.0780. The number of ether oxygens (including phenoxy) is 2. The van der Waals surface area contributed by atoms with Gasteiger partial charge in [0, 0.05) is 110 Å². The standard InChI is InChI=1S/C50H56ClF2N9O6/c1-28-41-39(26-36(52)44(51)43(41)42-35(46(54)64)15-16-38(67-3)45(42)53)68-50(28,30-7-5-4-6-8-30)27-56-31-11-9-29(10-12-31)48(65)55-20-24-61-21-17-32(18-22-61)57-33-13-14-34-37(25-33)60(2)59-47(34)62-23-19-40(63)58-49(62)66/h4-8,13-16,25-26,28-29,31-32,56-57H,9-12,17-24,27H2,1-3H3,(H2,54,64)(H,55,65)(H,58,63,66)/t28-,29?,31?,50-/m0/s1. The first kappa shape index (κ1) is 46.8. The fraction of sp³-hybridized carbons (Fsp3) is 0.420. The molecule has 5 aromatic rings. The lowest BCUT2D eigenvalue weighted by molar-refractivity contribution is -0.126. The number of aryl methyl sites for hydroxylation is 1. The van der Waals surface area contributed by atoms with E-state index < -0.39 is 35.1 Å². The molecular formula is C50H56ClF2N9O6. The largest absolute Gasteiger partial charge is 0.494 e. The monoisotopic (exact) mass is 951 g/mol. The van der Waals surface area contributed by atoms with Crippen LogP contribution in [-0.2, 0) is 22.2 Å². The Morgan fingerprint density at radius 3 is 2.43 bits per heavy atom. The summed E-state index contributed by atoms with van der Waals surface area (Å²) >= 11 is 6.68. The van der Waals surface area contributed by atoms with Crippen LogP contribution >= 0.6 is 11.6 Å². The van der Waals surface area contributed by atoms with Crippen molar-refractivity contribution >= 4 is 57.8 Å². The number of benzene rings is 4. The van der Waals surface area contributed by atoms with Crippen molar-refractivity contribution in [3.8, 4) is 22.6 Å². The molecule has 9 rings (SSSR count). The molecule has 0 unspecified atom stereocenters. The number of carbonyl (C=O) groups is 4. The fourth-order valence-electron chi connectivity index (χ4n) is 10.5. The summed E-state index contributed by atoms with van der Waals surface area (Å²) in [5.41, 5.74) is 7.35. The van der Waals surface area contributed by atoms with Gasteiger partial charge in [0.1, 0.15) is 11.6 Å². The zero-order chi connectivity index (χ0) is 47.9. The van der Waals surface area contributed by atoms with Gasteiger partial charge < -0.3 is 36.1 Å². The van der Waals surface area contributed by atoms with Crippen molar-refractivity contribution in [2.45, 2.75) is 75.5 Å². The third-order valence-corrected chi connectivity index (χ3v) is 14.7. The second kappa shape index (κ2) is 19.4. The molecule has 18 heteroatoms. The molecule has 3 aliphatic heterocycles. The van der Waals surface area contributed by atoms with E-state index in [1.165, 1.54) is 30.2 Å². The number of anilines is 2. The number of piperidine rings is 1. The summed E-state index contributed by atoms with van der Waals surface area (Å²) in [6.07, 6.45) is 5.09. The van der Waals surface area contributed by atoms with Gasteiger partial charge in [0.05, 0.1) is 23.2 Å². The topological polar surface area (TPSA) is 185 Å². The van der Waals surface area contributed by atoms with E-state index in [-0.39, 0.29) is 76.0 Å². The summed E-state index contributed by atoms with van der Waals surface area (Å²) in [5, 5.41) is 18.0. The molecule has 0 spiro atoms. The van der Waals surface area contributed by atoms with Gasteiger partial charge in [0.15, 0.2) is 23.0 Å². The van der Waals surface area contributed by atoms with E-state index in [0.29, 0.717) is 37.3 Å². The van der Waals surface area contributed by atoms with E-state index >= 15 is 8.78 Å². The van der Waals surface area contributed by atoms with E-state index in [4.69, 9.17) is 26.8 Å². The highest BCUT2D eigenvalue weighted by Crippen LogP contribution is 2.56. The molecule has 0 bridgehead atoms. The lowest BCUT2D eigenvalue weighted by Crippen LogP contribution is -2.49. The number of amides is 5. The number of likely N-dealkylation sites (tertiary alicyclic amines) is 1. The molecule has 4 heterocycles. The summed E-state index contributed by atoms with van der Waals surface area (Å²) in [4.78, 5) is 54.1. The predicted molar refractivity (Wildman–Crippen MR) is 255 cm³/mol. The number of hydrogen-bond acceptors (Lipinski definition) is 10. The van der Waals surface area contributed by atoms with Crippen molar-refractivity contribution < 1.29 is 37.4 Å². The van der Waals surface area contributed by atoms with E-state index in [1.807, 2.05) is 62.5 Å². The average molecular weight is 953 g/mol. The Hall–Kier alpha value is -6.30. The van der Waals surface area contributed by atoms with Crippen LogP contribution in [-0.4, -0.2) is 96.9 Å². The number of nitrogens with zero attached hydrogens (tertiary/aromatic N) is 4. The number of primary amides is 1. The lowest BCUT2D eigenvalue weighted by Gasteiger charge is -2.37. The molecular weight excluding hydrogens is 896 g/mol. The SMILES string of the molecule is COc1ccc(C(N)=O)c(-c2c(Cl)c(F)cc3c2[C@H](C)[C@@](CNC2CCC(C(=O)NCCN4CCC(Nc5ccc6c(N7CCC(=O)NC7=O)nn(C)c6c5)CC4)CC2)(c2ccccc2)O3)c1F. The third-order valence-electron chi connectivity index (χ3n) is 14.3. The highest BCUT2D eigenvalue weighted by molar-refractivity contribution is 6.34. The van der Waals surface area contributed by atoms with Gasteiger partial charge in [-0.2, -0.15) is 5.10 Å². The molecule has 4 aliphatic rings. The number of fused-ring (bicyclic) bond motifs is 2. The van der Waals surface area contributed by atoms with E-state index in [0.717, 1.165) is 67.5 Å². The van der Waals surface area contributed by atoms with Crippen LogP contribution in [0.4, 0.5) is 25.1 Å². The van der Waals surface area contributed by atoms with Gasteiger partial charge in [-0.05, 0) is 74.4 Å². The fourth-order valence-corrected chi connectivity index (χ4v) is 10.8. The lowest BCUT2D eigenvalue weighted by atomic mass is 9.77. The van der Waals surface area contributed by atoms with Gasteiger partial charge >= 0.3 is 6.03 Å². The minimum absolute atomic E-state index is 0.00943. The number of nitrogens with one attached hydrogen (secondary N) is 4. The molecule has 358 valence electrons. The number of imide groups is 1. The Labute approximate surface area is 398 Å². The highest BCUT2D eigenvalue weighted by atomic mass is 35.5. The Bertz CT molecular complexity index is 2760. The second-order valence-corrected chi connectivity index (χ2v) is 18.7. The van der Waals surface area contributed by atoms with Crippen LogP contribution in [0.3, 0.4) is 0 Å². The Morgan fingerprint density at radius 2 is 1.72 bits per heavy atom. The number of aromatic nitrogens is 2. The van der Waals surface area contributed by atoms with Gasteiger partial charge in [-0.25, -0.2) is 13.6 Å². The number of urea groups is 1. The van der Waals surface area contributed by atoms with Crippen molar-refractivity contribution in [1.82, 2.24) is 30.6 Å². The molecule has 5 amide bonds. The van der Waals surface area contributed by atoms with Crippen LogP contribution in [0.5, 0.6) is 11.5 Å². The zero-order valence-electron chi connectivity index (χ0n) is 38.3. The van der Waals surface area contributed by atoms with Crippen LogP contribution < -0.4 is 41.4 Å². The molecule has 68 heavy (non-hydrogen) atoms. The summed E-state index contributed by atoms with van der Waals surface area (Å²) in [5.74, 6) is -2.90. The van der Waals surface area contributed by atoms with Crippen molar-refractivity contribution in [2.24, 2.45) is 18.7 Å². The van der Waals surface area contributed by atoms with Crippen LogP contribution in [0.25, 0.3) is 22.0 Å². The Morgan fingerprint density at radius 1 is 0.971 bits per heavy atom. The molecule has 3 fully saturated rings. The molecule has 6 N–H and O–H groups in total. The van der Waals surface area contributed by atoms with Gasteiger partial charge in [0.25, 0.3) is 0 Å². The number of hydrogen-bond donors (Lipinski definition) is 5. The van der Waals surface area contributed by atoms with E-state index in [1.54, 1.807) is 4.68 Å². The van der Waals surface area contributed by atoms with Gasteiger partial charge in [-0.3, -0.25) is 29.3 Å². The Balaban J connectivity index is 0.773. The third kappa shape index (κ3) is 8.94. The van der Waals surface area contributed by atoms with E-state index in [9.17, 15) is 19.2 Å². The van der Waals surface area contributed by atoms with Gasteiger partial charge in [-0.1, -0.05) is 48.9 Å². The zero-order valence-corrected chi connectivity index (χ0v) is 39.1.